The molecule has 8 heteroatoms. The number of halogens is 1. The van der Waals surface area contributed by atoms with Gasteiger partial charge in [0.25, 0.3) is 0 Å². The number of carbonyl (C=O) groups excluding carboxylic acids is 1. The van der Waals surface area contributed by atoms with Gasteiger partial charge in [-0.25, -0.2) is 9.59 Å². The largest absolute Gasteiger partial charge is 0.508 e. The van der Waals surface area contributed by atoms with Crippen molar-refractivity contribution in [2.24, 2.45) is 0 Å². The third kappa shape index (κ3) is 7.25. The molecule has 0 unspecified atom stereocenters. The number of ether oxygens (including phenoxy) is 2. The van der Waals surface area contributed by atoms with Crippen LogP contribution in [0.5, 0.6) is 11.5 Å². The lowest BCUT2D eigenvalue weighted by Crippen LogP contribution is -2.30. The third-order valence-corrected chi connectivity index (χ3v) is 5.24. The molecular formula is C25H22INO6. The van der Waals surface area contributed by atoms with Crippen molar-refractivity contribution in [3.05, 3.63) is 99.6 Å². The van der Waals surface area contributed by atoms with Crippen LogP contribution in [0.2, 0.25) is 0 Å². The number of benzene rings is 3. The molecule has 0 radical (unpaired) electrons. The average Bonchev–Trinajstić information content (AvgIpc) is 2.79. The molecule has 7 nitrogen and oxygen atoms in total. The Morgan fingerprint density at radius 2 is 1.73 bits per heavy atom. The van der Waals surface area contributed by atoms with Crippen molar-refractivity contribution in [2.75, 3.05) is 5.32 Å². The number of hydrogen-bond donors (Lipinski definition) is 3. The standard InChI is InChI=1S/C25H22INO6/c1-16-7-10-18(11-8-16)27-25(31)33-24(20-15-17(26)9-12-21(20)28)22(13-14-23(29)30)32-19-5-3-2-4-6-19/h2-15,22,24,28H,1H3,(H,27,31)(H,29,30)/b14-13+/t22-,24-/m0/s1. The molecule has 0 aliphatic carbocycles. The van der Waals surface area contributed by atoms with Gasteiger partial charge in [0, 0.05) is 20.9 Å². The van der Waals surface area contributed by atoms with Gasteiger partial charge in [-0.3, -0.25) is 5.32 Å². The van der Waals surface area contributed by atoms with E-state index in [1.165, 1.54) is 12.1 Å². The summed E-state index contributed by atoms with van der Waals surface area (Å²) >= 11 is 2.07. The summed E-state index contributed by atoms with van der Waals surface area (Å²) in [6.07, 6.45) is -0.796. The Bertz CT molecular complexity index is 1130. The van der Waals surface area contributed by atoms with Gasteiger partial charge in [0.1, 0.15) is 11.5 Å². The molecule has 0 aliphatic rings. The molecule has 0 saturated carbocycles. The van der Waals surface area contributed by atoms with E-state index in [4.69, 9.17) is 14.6 Å². The Balaban J connectivity index is 1.96. The summed E-state index contributed by atoms with van der Waals surface area (Å²) in [5.41, 5.74) is 1.83. The summed E-state index contributed by atoms with van der Waals surface area (Å²) in [7, 11) is 0. The fourth-order valence-electron chi connectivity index (χ4n) is 3.00. The van der Waals surface area contributed by atoms with Crippen LogP contribution in [0, 0.1) is 10.5 Å². The molecule has 3 aromatic rings. The van der Waals surface area contributed by atoms with Crippen LogP contribution in [-0.2, 0) is 9.53 Å². The van der Waals surface area contributed by atoms with Crippen LogP contribution in [0.1, 0.15) is 17.2 Å². The summed E-state index contributed by atoms with van der Waals surface area (Å²) in [6.45, 7) is 1.93. The number of rotatable bonds is 8. The number of phenols is 1. The van der Waals surface area contributed by atoms with Crippen LogP contribution in [0.4, 0.5) is 10.5 Å². The van der Waals surface area contributed by atoms with Gasteiger partial charge in [-0.2, -0.15) is 0 Å². The van der Waals surface area contributed by atoms with E-state index >= 15 is 0 Å². The first-order chi connectivity index (χ1) is 15.8. The number of carboxylic acid groups (broad SMARTS) is 1. The van der Waals surface area contributed by atoms with E-state index in [-0.39, 0.29) is 11.3 Å². The Hall–Kier alpha value is -3.53. The summed E-state index contributed by atoms with van der Waals surface area (Å²) in [6, 6.07) is 20.7. The van der Waals surface area contributed by atoms with Crippen LogP contribution >= 0.6 is 22.6 Å². The molecule has 0 aromatic heterocycles. The predicted octanol–water partition coefficient (Wildman–Crippen LogP) is 5.68. The monoisotopic (exact) mass is 559 g/mol. The number of carbonyl (C=O) groups is 2. The summed E-state index contributed by atoms with van der Waals surface area (Å²) in [5.74, 6) is -0.865. The van der Waals surface area contributed by atoms with Gasteiger partial charge in [-0.1, -0.05) is 35.9 Å². The smallest absolute Gasteiger partial charge is 0.412 e. The zero-order valence-corrected chi connectivity index (χ0v) is 19.8. The number of amides is 1. The fraction of sp³-hybridized carbons (Fsp3) is 0.120. The molecule has 3 rings (SSSR count). The Morgan fingerprint density at radius 1 is 1.03 bits per heavy atom. The lowest BCUT2D eigenvalue weighted by molar-refractivity contribution is -0.131. The quantitative estimate of drug-likeness (QED) is 0.242. The maximum atomic E-state index is 12.8. The van der Waals surface area contributed by atoms with E-state index in [0.717, 1.165) is 15.2 Å². The highest BCUT2D eigenvalue weighted by Crippen LogP contribution is 2.34. The highest BCUT2D eigenvalue weighted by Gasteiger charge is 2.30. The topological polar surface area (TPSA) is 105 Å². The highest BCUT2D eigenvalue weighted by molar-refractivity contribution is 14.1. The molecule has 0 fully saturated rings. The molecule has 0 saturated heterocycles. The molecule has 2 atom stereocenters. The first kappa shape index (κ1) is 24.1. The second-order valence-corrected chi connectivity index (χ2v) is 8.36. The number of aryl methyl sites for hydroxylation is 1. The molecule has 0 spiro atoms. The van der Waals surface area contributed by atoms with Crippen molar-refractivity contribution in [2.45, 2.75) is 19.1 Å². The van der Waals surface area contributed by atoms with Crippen molar-refractivity contribution < 1.29 is 29.3 Å². The van der Waals surface area contributed by atoms with Crippen molar-refractivity contribution in [3.63, 3.8) is 0 Å². The highest BCUT2D eigenvalue weighted by atomic mass is 127. The number of para-hydroxylation sites is 1. The van der Waals surface area contributed by atoms with Crippen LogP contribution < -0.4 is 10.1 Å². The van der Waals surface area contributed by atoms with Crippen LogP contribution in [-0.4, -0.2) is 28.4 Å². The number of aliphatic carboxylic acids is 1. The molecule has 0 bridgehead atoms. The fourth-order valence-corrected chi connectivity index (χ4v) is 3.51. The summed E-state index contributed by atoms with van der Waals surface area (Å²) < 4.78 is 12.5. The number of anilines is 1. The zero-order chi connectivity index (χ0) is 23.8. The molecule has 0 aliphatic heterocycles. The normalized spacial score (nSPS) is 12.7. The minimum atomic E-state index is -1.19. The molecule has 33 heavy (non-hydrogen) atoms. The maximum absolute atomic E-state index is 12.8. The lowest BCUT2D eigenvalue weighted by Gasteiger charge is -2.27. The Morgan fingerprint density at radius 3 is 2.39 bits per heavy atom. The van der Waals surface area contributed by atoms with E-state index in [2.05, 4.69) is 27.9 Å². The number of carboxylic acids is 1. The summed E-state index contributed by atoms with van der Waals surface area (Å²) in [4.78, 5) is 24.0. The van der Waals surface area contributed by atoms with Gasteiger partial charge in [0.15, 0.2) is 12.2 Å². The number of nitrogens with one attached hydrogen (secondary N) is 1. The van der Waals surface area contributed by atoms with Crippen molar-refractivity contribution in [1.29, 1.82) is 0 Å². The van der Waals surface area contributed by atoms with Gasteiger partial charge in [0.2, 0.25) is 0 Å². The summed E-state index contributed by atoms with van der Waals surface area (Å²) in [5, 5.41) is 22.3. The number of hydrogen-bond acceptors (Lipinski definition) is 5. The van der Waals surface area contributed by atoms with E-state index in [9.17, 15) is 14.7 Å². The minimum absolute atomic E-state index is 0.117. The van der Waals surface area contributed by atoms with E-state index in [1.807, 2.05) is 25.1 Å². The Labute approximate surface area is 204 Å². The number of phenolic OH excluding ortho intramolecular Hbond substituents is 1. The van der Waals surface area contributed by atoms with Gasteiger partial charge in [-0.05, 0) is 78.1 Å². The molecular weight excluding hydrogens is 537 g/mol. The molecule has 3 N–H and O–H groups in total. The maximum Gasteiger partial charge on any atom is 0.412 e. The predicted molar refractivity (Wildman–Crippen MR) is 132 cm³/mol. The lowest BCUT2D eigenvalue weighted by atomic mass is 10.0. The van der Waals surface area contributed by atoms with E-state index < -0.39 is 24.3 Å². The van der Waals surface area contributed by atoms with Gasteiger partial charge in [0.05, 0.1) is 0 Å². The number of aromatic hydroxyl groups is 1. The van der Waals surface area contributed by atoms with Crippen LogP contribution in [0.25, 0.3) is 0 Å². The SMILES string of the molecule is Cc1ccc(NC(=O)O[C@@H](c2cc(I)ccc2O)[C@H](/C=C/C(=O)O)Oc2ccccc2)cc1. The van der Waals surface area contributed by atoms with Crippen molar-refractivity contribution in [1.82, 2.24) is 0 Å². The molecule has 1 amide bonds. The van der Waals surface area contributed by atoms with Crippen molar-refractivity contribution in [3.8, 4) is 11.5 Å². The van der Waals surface area contributed by atoms with Gasteiger partial charge < -0.3 is 19.7 Å². The zero-order valence-electron chi connectivity index (χ0n) is 17.6. The second-order valence-electron chi connectivity index (χ2n) is 7.11. The van der Waals surface area contributed by atoms with Gasteiger partial charge in [-0.15, -0.1) is 0 Å². The van der Waals surface area contributed by atoms with E-state index in [1.54, 1.807) is 48.5 Å². The first-order valence-corrected chi connectivity index (χ1v) is 11.1. The van der Waals surface area contributed by atoms with Crippen molar-refractivity contribution >= 4 is 40.3 Å². The van der Waals surface area contributed by atoms with E-state index in [0.29, 0.717) is 11.4 Å². The Kier molecular flexibility index (Phi) is 8.31. The van der Waals surface area contributed by atoms with Crippen LogP contribution in [0.3, 0.4) is 0 Å². The third-order valence-electron chi connectivity index (χ3n) is 4.57. The minimum Gasteiger partial charge on any atom is -0.508 e. The van der Waals surface area contributed by atoms with Crippen LogP contribution in [0.15, 0.2) is 84.9 Å². The molecule has 0 heterocycles. The van der Waals surface area contributed by atoms with Gasteiger partial charge >= 0.3 is 12.1 Å². The average molecular weight is 559 g/mol. The molecule has 3 aromatic carbocycles. The first-order valence-electron chi connectivity index (χ1n) is 9.97. The molecule has 170 valence electrons. The second kappa shape index (κ2) is 11.4.